The van der Waals surface area contributed by atoms with Crippen LogP contribution in [0.25, 0.3) is 0 Å². The van der Waals surface area contributed by atoms with Crippen LogP contribution in [0.2, 0.25) is 0 Å². The summed E-state index contributed by atoms with van der Waals surface area (Å²) < 4.78 is 16.5. The van der Waals surface area contributed by atoms with Crippen molar-refractivity contribution in [1.29, 1.82) is 0 Å². The van der Waals surface area contributed by atoms with Crippen LogP contribution in [0.1, 0.15) is 61.8 Å². The number of methoxy groups -OCH3 is 1. The second-order valence-electron chi connectivity index (χ2n) is 12.5. The fraction of sp³-hybridized carbons (Fsp3) is 0.750. The van der Waals surface area contributed by atoms with Crippen LogP contribution in [-0.4, -0.2) is 99.7 Å². The van der Waals surface area contributed by atoms with Gasteiger partial charge in [-0.25, -0.2) is 4.79 Å². The number of Topliss-reactive ketones (excluding diaryl/α,β-unsaturated/α-hetero) is 3. The van der Waals surface area contributed by atoms with Gasteiger partial charge in [-0.1, -0.05) is 52.8 Å². The lowest BCUT2D eigenvalue weighted by atomic mass is 9.79. The zero-order valence-corrected chi connectivity index (χ0v) is 26.7. The van der Waals surface area contributed by atoms with Crippen LogP contribution >= 0.6 is 0 Å². The molecule has 0 aromatic rings. The Hall–Kier alpha value is -2.28. The molecule has 0 aromatic heterocycles. The molecule has 0 amide bonds. The monoisotopic (exact) mass is 610 g/mol. The van der Waals surface area contributed by atoms with Gasteiger partial charge >= 0.3 is 5.97 Å². The van der Waals surface area contributed by atoms with Crippen LogP contribution in [0.4, 0.5) is 0 Å². The van der Waals surface area contributed by atoms with Gasteiger partial charge in [-0.05, 0) is 26.3 Å². The molecular weight excluding hydrogens is 560 g/mol. The van der Waals surface area contributed by atoms with Crippen molar-refractivity contribution in [1.82, 2.24) is 0 Å². The Labute approximate surface area is 254 Å². The van der Waals surface area contributed by atoms with E-state index >= 15 is 0 Å². The smallest absolute Gasteiger partial charge is 0.337 e. The van der Waals surface area contributed by atoms with E-state index in [9.17, 15) is 39.6 Å². The van der Waals surface area contributed by atoms with Gasteiger partial charge in [0.05, 0.1) is 30.3 Å². The Kier molecular flexibility index (Phi) is 13.0. The molecule has 0 radical (unpaired) electrons. The number of hydrogen-bond donors (Lipinski definition) is 4. The number of allylic oxidation sites excluding steroid dienone is 2. The van der Waals surface area contributed by atoms with Gasteiger partial charge in [0, 0.05) is 43.1 Å². The normalized spacial score (nSPS) is 42.0. The number of aliphatic hydroxyl groups excluding tert-OH is 4. The van der Waals surface area contributed by atoms with Crippen molar-refractivity contribution < 1.29 is 53.8 Å². The van der Waals surface area contributed by atoms with E-state index in [0.29, 0.717) is 5.57 Å². The fourth-order valence-corrected chi connectivity index (χ4v) is 6.05. The summed E-state index contributed by atoms with van der Waals surface area (Å²) in [6, 6.07) is 0. The number of ketones is 3. The van der Waals surface area contributed by atoms with Crippen LogP contribution < -0.4 is 0 Å². The zero-order valence-electron chi connectivity index (χ0n) is 26.7. The first-order chi connectivity index (χ1) is 19.9. The van der Waals surface area contributed by atoms with E-state index in [1.807, 2.05) is 26.0 Å². The molecule has 0 aromatic carbocycles. The first-order valence-corrected chi connectivity index (χ1v) is 14.9. The lowest BCUT2D eigenvalue weighted by molar-refractivity contribution is -0.169. The summed E-state index contributed by atoms with van der Waals surface area (Å²) in [5.74, 6) is -8.06. The van der Waals surface area contributed by atoms with E-state index < -0.39 is 102 Å². The molecule has 11 nitrogen and oxygen atoms in total. The largest absolute Gasteiger partial charge is 0.463 e. The van der Waals surface area contributed by atoms with Gasteiger partial charge in [0.2, 0.25) is 0 Å². The maximum Gasteiger partial charge on any atom is 0.337 e. The van der Waals surface area contributed by atoms with E-state index in [1.54, 1.807) is 20.8 Å². The van der Waals surface area contributed by atoms with Gasteiger partial charge in [0.15, 0.2) is 6.10 Å². The van der Waals surface area contributed by atoms with Crippen LogP contribution in [0, 0.1) is 35.5 Å². The summed E-state index contributed by atoms with van der Waals surface area (Å²) in [6.07, 6.45) is -2.96. The lowest BCUT2D eigenvalue weighted by Gasteiger charge is -2.31. The van der Waals surface area contributed by atoms with Gasteiger partial charge in [-0.15, -0.1) is 0 Å². The Morgan fingerprint density at radius 3 is 2.16 bits per heavy atom. The Bertz CT molecular complexity index is 1080. The van der Waals surface area contributed by atoms with E-state index in [1.165, 1.54) is 34.0 Å². The topological polar surface area (TPSA) is 180 Å². The van der Waals surface area contributed by atoms with E-state index in [4.69, 9.17) is 14.2 Å². The highest BCUT2D eigenvalue weighted by atomic mass is 16.6. The second-order valence-corrected chi connectivity index (χ2v) is 12.5. The molecule has 2 rings (SSSR count). The molecule has 1 saturated heterocycles. The number of hydrogen-bond acceptors (Lipinski definition) is 11. The summed E-state index contributed by atoms with van der Waals surface area (Å²) in [5, 5.41) is 44.0. The predicted molar refractivity (Wildman–Crippen MR) is 157 cm³/mol. The quantitative estimate of drug-likeness (QED) is 0.202. The minimum Gasteiger partial charge on any atom is -0.463 e. The fourth-order valence-electron chi connectivity index (χ4n) is 6.05. The molecule has 2 aliphatic heterocycles. The molecule has 0 saturated carbocycles. The standard InChI is InChI=1S/C32H50O11/c1-10-11-15(2)30-32(8,43-30)29(39)21-14-42-31(40)27(38)28(41-9)20(7)25(36)19(6)24(35)17(4)12-16(3)22(33)13-23(34)18(5)26(21)37/h10-12,15-16,18-21,23-24,27-30,34-35,38-39H,13-14H2,1-9H3/b11-10-,17-12+/t15-,16-,18+,19+,20+,21-,23-,24-,27+,28?,29-,30+,32+/m0/s1. The third-order valence-electron chi connectivity index (χ3n) is 9.21. The SMILES string of the molecule is C/C=C\[C@H](C)[C@H]1O[C@]1(C)[C@@H](O)[C@H]1COC(=O)[C@H](O)C(OC)[C@H](C)C(=O)[C@H](C)[C@@H](O)/C(C)=C/[C@H](C)C(=O)C[C@H](O)[C@@H](C)C1=O. The minimum atomic E-state index is -1.92. The molecule has 1 fully saturated rings. The summed E-state index contributed by atoms with van der Waals surface area (Å²) in [5.41, 5.74) is -0.809. The maximum absolute atomic E-state index is 13.7. The molecule has 43 heavy (non-hydrogen) atoms. The van der Waals surface area contributed by atoms with Crippen molar-refractivity contribution in [2.45, 2.75) is 104 Å². The molecule has 11 heteroatoms. The van der Waals surface area contributed by atoms with Crippen molar-refractivity contribution in [2.75, 3.05) is 13.7 Å². The van der Waals surface area contributed by atoms with Crippen LogP contribution in [-0.2, 0) is 33.4 Å². The molecule has 1 unspecified atom stereocenters. The van der Waals surface area contributed by atoms with E-state index in [-0.39, 0.29) is 12.3 Å². The van der Waals surface area contributed by atoms with Crippen LogP contribution in [0.5, 0.6) is 0 Å². The van der Waals surface area contributed by atoms with Gasteiger partial charge in [-0.3, -0.25) is 14.4 Å². The molecule has 4 N–H and O–H groups in total. The van der Waals surface area contributed by atoms with E-state index in [0.717, 1.165) is 0 Å². The highest BCUT2D eigenvalue weighted by Gasteiger charge is 2.62. The molecule has 13 atom stereocenters. The van der Waals surface area contributed by atoms with Crippen molar-refractivity contribution in [3.8, 4) is 0 Å². The number of rotatable bonds is 5. The van der Waals surface area contributed by atoms with Crippen molar-refractivity contribution in [3.05, 3.63) is 23.8 Å². The summed E-state index contributed by atoms with van der Waals surface area (Å²) >= 11 is 0. The number of carbonyl (C=O) groups excluding carboxylic acids is 4. The Morgan fingerprint density at radius 2 is 1.60 bits per heavy atom. The number of esters is 1. The molecule has 0 spiro atoms. The van der Waals surface area contributed by atoms with E-state index in [2.05, 4.69) is 0 Å². The number of carbonyl (C=O) groups is 4. The minimum absolute atomic E-state index is 0.0932. The van der Waals surface area contributed by atoms with Crippen molar-refractivity contribution in [2.24, 2.45) is 35.5 Å². The van der Waals surface area contributed by atoms with Gasteiger partial charge in [0.1, 0.15) is 35.7 Å². The van der Waals surface area contributed by atoms with Crippen molar-refractivity contribution in [3.63, 3.8) is 0 Å². The number of cyclic esters (lactones) is 1. The summed E-state index contributed by atoms with van der Waals surface area (Å²) in [4.78, 5) is 53.0. The first-order valence-electron chi connectivity index (χ1n) is 14.9. The van der Waals surface area contributed by atoms with Crippen LogP contribution in [0.15, 0.2) is 23.8 Å². The number of aliphatic hydroxyl groups is 4. The Morgan fingerprint density at radius 1 is 1.00 bits per heavy atom. The maximum atomic E-state index is 13.7. The predicted octanol–water partition coefficient (Wildman–Crippen LogP) is 1.58. The van der Waals surface area contributed by atoms with Crippen molar-refractivity contribution >= 4 is 23.3 Å². The third kappa shape index (κ3) is 8.26. The van der Waals surface area contributed by atoms with Crippen LogP contribution in [0.3, 0.4) is 0 Å². The first kappa shape index (κ1) is 36.9. The lowest BCUT2D eigenvalue weighted by Crippen LogP contribution is -2.49. The Balaban J connectivity index is 2.50. The average Bonchev–Trinajstić information content (AvgIpc) is 3.67. The zero-order chi connectivity index (χ0) is 33.0. The van der Waals surface area contributed by atoms with Gasteiger partial charge < -0.3 is 34.6 Å². The molecular formula is C32H50O11. The molecule has 2 heterocycles. The summed E-state index contributed by atoms with van der Waals surface area (Å²) in [6.45, 7) is 12.3. The molecule has 0 bridgehead atoms. The van der Waals surface area contributed by atoms with Gasteiger partial charge in [0.25, 0.3) is 0 Å². The molecule has 0 aliphatic carbocycles. The highest BCUT2D eigenvalue weighted by molar-refractivity contribution is 5.88. The summed E-state index contributed by atoms with van der Waals surface area (Å²) in [7, 11) is 1.22. The molecule has 2 aliphatic rings. The van der Waals surface area contributed by atoms with Gasteiger partial charge in [-0.2, -0.15) is 0 Å². The average molecular weight is 611 g/mol. The highest BCUT2D eigenvalue weighted by Crippen LogP contribution is 2.47. The number of epoxide rings is 1. The molecule has 244 valence electrons. The second kappa shape index (κ2) is 15.1. The third-order valence-corrected chi connectivity index (χ3v) is 9.21. The number of ether oxygens (including phenoxy) is 3.